The van der Waals surface area contributed by atoms with Gasteiger partial charge in [0.15, 0.2) is 5.11 Å². The van der Waals surface area contributed by atoms with E-state index in [4.69, 9.17) is 17.0 Å². The maximum atomic E-state index is 11.8. The second-order valence-electron chi connectivity index (χ2n) is 7.30. The molecule has 1 fully saturated rings. The Morgan fingerprint density at radius 3 is 2.75 bits per heavy atom. The van der Waals surface area contributed by atoms with E-state index in [1.807, 2.05) is 52.1 Å². The molecule has 8 nitrogen and oxygen atoms in total. The number of ether oxygens (including phenoxy) is 1. The summed E-state index contributed by atoms with van der Waals surface area (Å²) in [5, 5.41) is 13.3. The van der Waals surface area contributed by atoms with E-state index in [0.717, 1.165) is 17.1 Å². The molecule has 0 saturated carbocycles. The Balaban J connectivity index is 1.77. The predicted molar refractivity (Wildman–Crippen MR) is 122 cm³/mol. The fraction of sp³-hybridized carbons (Fsp3) is 0.217. The number of pyridine rings is 1. The Labute approximate surface area is 190 Å². The Kier molecular flexibility index (Phi) is 6.18. The normalized spacial score (nSPS) is 17.8. The van der Waals surface area contributed by atoms with Crippen LogP contribution >= 0.6 is 12.2 Å². The number of nitrogens with one attached hydrogen (secondary N) is 1. The van der Waals surface area contributed by atoms with E-state index in [9.17, 15) is 14.7 Å². The molecule has 9 heteroatoms. The minimum absolute atomic E-state index is 0.180. The van der Waals surface area contributed by atoms with Crippen LogP contribution in [-0.2, 0) is 9.53 Å². The fourth-order valence-electron chi connectivity index (χ4n) is 3.94. The summed E-state index contributed by atoms with van der Waals surface area (Å²) in [4.78, 5) is 29.8. The molecule has 3 aromatic rings. The summed E-state index contributed by atoms with van der Waals surface area (Å²) in [5.41, 5.74) is 2.62. The van der Waals surface area contributed by atoms with Crippen molar-refractivity contribution >= 4 is 29.3 Å². The first-order valence-corrected chi connectivity index (χ1v) is 10.5. The summed E-state index contributed by atoms with van der Waals surface area (Å²) in [6, 6.07) is 15.8. The molecule has 1 aromatic carbocycles. The quantitative estimate of drug-likeness (QED) is 0.419. The number of rotatable bonds is 7. The zero-order valence-corrected chi connectivity index (χ0v) is 18.2. The molecule has 0 amide bonds. The lowest BCUT2D eigenvalue weighted by Crippen LogP contribution is -2.32. The average molecular weight is 451 g/mol. The number of carboxylic acid groups (broad SMARTS) is 1. The molecule has 2 atom stereocenters. The third-order valence-corrected chi connectivity index (χ3v) is 5.79. The smallest absolute Gasteiger partial charge is 0.335 e. The van der Waals surface area contributed by atoms with Crippen LogP contribution in [0.3, 0.4) is 0 Å². The van der Waals surface area contributed by atoms with Gasteiger partial charge in [0.25, 0.3) is 0 Å². The Hall–Kier alpha value is -3.72. The van der Waals surface area contributed by atoms with Crippen LogP contribution in [0.2, 0.25) is 0 Å². The largest absolute Gasteiger partial charge is 0.478 e. The molecule has 0 spiro atoms. The number of carbonyl (C=O) groups is 2. The highest BCUT2D eigenvalue weighted by Crippen LogP contribution is 2.39. The lowest BCUT2D eigenvalue weighted by Gasteiger charge is -2.28. The SMILES string of the molecule is COC(=O)CCN1C(=S)N[C@@H](c2ccccn2)[C@H]1c1cccn1-c1cccc(C(=O)O)c1. The first kappa shape index (κ1) is 21.5. The van der Waals surface area contributed by atoms with E-state index in [0.29, 0.717) is 11.7 Å². The second-order valence-corrected chi connectivity index (χ2v) is 7.69. The van der Waals surface area contributed by atoms with E-state index in [1.165, 1.54) is 7.11 Å². The van der Waals surface area contributed by atoms with Gasteiger partial charge in [-0.25, -0.2) is 4.79 Å². The number of hydrogen-bond donors (Lipinski definition) is 2. The molecule has 1 saturated heterocycles. The zero-order chi connectivity index (χ0) is 22.7. The standard InChI is InChI=1S/C23H22N4O4S/c1-31-19(28)10-13-27-21(20(25-23(27)32)17-8-2-3-11-24-17)18-9-5-12-26(18)16-7-4-6-15(14-16)22(29)30/h2-9,11-12,14,20-21H,10,13H2,1H3,(H,25,32)(H,29,30)/t20-,21+/m0/s1. The highest BCUT2D eigenvalue weighted by molar-refractivity contribution is 7.80. The Morgan fingerprint density at radius 2 is 2.03 bits per heavy atom. The monoisotopic (exact) mass is 450 g/mol. The molecule has 0 radical (unpaired) electrons. The summed E-state index contributed by atoms with van der Waals surface area (Å²) in [5.74, 6) is -1.31. The summed E-state index contributed by atoms with van der Waals surface area (Å²) in [7, 11) is 1.36. The van der Waals surface area contributed by atoms with E-state index in [-0.39, 0.29) is 30.0 Å². The Morgan fingerprint density at radius 1 is 1.19 bits per heavy atom. The number of nitrogens with zero attached hydrogens (tertiary/aromatic N) is 3. The third kappa shape index (κ3) is 4.19. The van der Waals surface area contributed by atoms with Gasteiger partial charge in [0, 0.05) is 30.3 Å². The fourth-order valence-corrected chi connectivity index (χ4v) is 4.27. The average Bonchev–Trinajstić information content (AvgIpc) is 3.42. The third-order valence-electron chi connectivity index (χ3n) is 5.44. The van der Waals surface area contributed by atoms with Crippen molar-refractivity contribution in [2.75, 3.05) is 13.7 Å². The molecular weight excluding hydrogens is 428 g/mol. The van der Waals surface area contributed by atoms with Crippen molar-refractivity contribution in [3.8, 4) is 5.69 Å². The lowest BCUT2D eigenvalue weighted by molar-refractivity contribution is -0.140. The molecule has 0 unspecified atom stereocenters. The van der Waals surface area contributed by atoms with Gasteiger partial charge >= 0.3 is 11.9 Å². The predicted octanol–water partition coefficient (Wildman–Crippen LogP) is 3.11. The van der Waals surface area contributed by atoms with Crippen molar-refractivity contribution in [3.63, 3.8) is 0 Å². The van der Waals surface area contributed by atoms with Crippen LogP contribution in [0.1, 0.15) is 40.3 Å². The molecule has 3 heterocycles. The number of methoxy groups -OCH3 is 1. The van der Waals surface area contributed by atoms with Gasteiger partial charge in [-0.3, -0.25) is 9.78 Å². The highest BCUT2D eigenvalue weighted by atomic mass is 32.1. The Bertz CT molecular complexity index is 1150. The van der Waals surface area contributed by atoms with Crippen LogP contribution in [0.15, 0.2) is 67.0 Å². The summed E-state index contributed by atoms with van der Waals surface area (Å²) in [6.07, 6.45) is 3.79. The van der Waals surface area contributed by atoms with Crippen molar-refractivity contribution in [3.05, 3.63) is 83.9 Å². The van der Waals surface area contributed by atoms with Gasteiger partial charge < -0.3 is 24.6 Å². The van der Waals surface area contributed by atoms with Gasteiger partial charge in [-0.1, -0.05) is 12.1 Å². The minimum atomic E-state index is -0.990. The van der Waals surface area contributed by atoms with Crippen molar-refractivity contribution in [1.82, 2.24) is 19.8 Å². The van der Waals surface area contributed by atoms with E-state index >= 15 is 0 Å². The molecule has 2 N–H and O–H groups in total. The zero-order valence-electron chi connectivity index (χ0n) is 17.3. The molecule has 164 valence electrons. The molecule has 32 heavy (non-hydrogen) atoms. The molecule has 1 aliphatic rings. The van der Waals surface area contributed by atoms with Gasteiger partial charge in [-0.15, -0.1) is 0 Å². The van der Waals surface area contributed by atoms with Gasteiger partial charge in [0.1, 0.15) is 0 Å². The van der Waals surface area contributed by atoms with E-state index in [2.05, 4.69) is 10.3 Å². The molecule has 1 aliphatic heterocycles. The number of aromatic nitrogens is 2. The minimum Gasteiger partial charge on any atom is -0.478 e. The molecule has 0 aliphatic carbocycles. The number of carboxylic acids is 1. The van der Waals surface area contributed by atoms with Crippen LogP contribution < -0.4 is 5.32 Å². The van der Waals surface area contributed by atoms with Gasteiger partial charge in [0.05, 0.1) is 36.9 Å². The second kappa shape index (κ2) is 9.19. The van der Waals surface area contributed by atoms with E-state index < -0.39 is 5.97 Å². The summed E-state index contributed by atoms with van der Waals surface area (Å²) in [6.45, 7) is 0.368. The molecule has 0 bridgehead atoms. The maximum Gasteiger partial charge on any atom is 0.335 e. The van der Waals surface area contributed by atoms with Crippen molar-refractivity contribution < 1.29 is 19.4 Å². The molecule has 4 rings (SSSR count). The number of hydrogen-bond acceptors (Lipinski definition) is 5. The van der Waals surface area contributed by atoms with Crippen molar-refractivity contribution in [2.24, 2.45) is 0 Å². The highest BCUT2D eigenvalue weighted by Gasteiger charge is 2.41. The van der Waals surface area contributed by atoms with Crippen LogP contribution in [0.25, 0.3) is 5.69 Å². The number of aromatic carboxylic acids is 1. The van der Waals surface area contributed by atoms with Crippen LogP contribution in [0.4, 0.5) is 0 Å². The van der Waals surface area contributed by atoms with Crippen LogP contribution in [0, 0.1) is 0 Å². The van der Waals surface area contributed by atoms with Gasteiger partial charge in [-0.2, -0.15) is 0 Å². The maximum absolute atomic E-state index is 11.8. The van der Waals surface area contributed by atoms with Crippen LogP contribution in [0.5, 0.6) is 0 Å². The lowest BCUT2D eigenvalue weighted by atomic mass is 10.0. The molecule has 2 aromatic heterocycles. The number of carbonyl (C=O) groups excluding carboxylic acids is 1. The number of thiocarbonyl (C=S) groups is 1. The first-order chi connectivity index (χ1) is 15.5. The van der Waals surface area contributed by atoms with Gasteiger partial charge in [0.2, 0.25) is 0 Å². The van der Waals surface area contributed by atoms with Crippen molar-refractivity contribution in [1.29, 1.82) is 0 Å². The number of esters is 1. The first-order valence-electron chi connectivity index (χ1n) is 10.1. The van der Waals surface area contributed by atoms with Crippen LogP contribution in [-0.4, -0.2) is 50.3 Å². The summed E-state index contributed by atoms with van der Waals surface area (Å²) >= 11 is 5.62. The molecular formula is C23H22N4O4S. The number of benzene rings is 1. The summed E-state index contributed by atoms with van der Waals surface area (Å²) < 4.78 is 6.75. The van der Waals surface area contributed by atoms with Gasteiger partial charge in [-0.05, 0) is 54.7 Å². The topological polar surface area (TPSA) is 96.7 Å². The van der Waals surface area contributed by atoms with Crippen molar-refractivity contribution in [2.45, 2.75) is 18.5 Å². The van der Waals surface area contributed by atoms with E-state index in [1.54, 1.807) is 24.4 Å².